The average molecular weight is 350 g/mol. The Morgan fingerprint density at radius 2 is 2.08 bits per heavy atom. The first-order valence-corrected chi connectivity index (χ1v) is 9.10. The molecule has 1 unspecified atom stereocenters. The summed E-state index contributed by atoms with van der Waals surface area (Å²) in [6.07, 6.45) is 2.18. The Balaban J connectivity index is 1.75. The lowest BCUT2D eigenvalue weighted by atomic mass is 10.0. The molecule has 1 aliphatic rings. The van der Waals surface area contributed by atoms with Crippen molar-refractivity contribution in [2.24, 2.45) is 4.99 Å². The lowest BCUT2D eigenvalue weighted by Crippen LogP contribution is -2.42. The quantitative estimate of drug-likeness (QED) is 0.558. The summed E-state index contributed by atoms with van der Waals surface area (Å²) in [5.41, 5.74) is 0.984. The summed E-state index contributed by atoms with van der Waals surface area (Å²) in [6.45, 7) is 8.99. The van der Waals surface area contributed by atoms with Gasteiger partial charge in [0.25, 0.3) is 0 Å². The number of ether oxygens (including phenoxy) is 1. The third kappa shape index (κ3) is 7.00. The van der Waals surface area contributed by atoms with E-state index in [-0.39, 0.29) is 11.4 Å². The van der Waals surface area contributed by atoms with Crippen LogP contribution in [-0.2, 0) is 11.3 Å². The van der Waals surface area contributed by atoms with Crippen molar-refractivity contribution in [2.75, 3.05) is 39.8 Å². The van der Waals surface area contributed by atoms with Crippen LogP contribution in [0.1, 0.15) is 32.3 Å². The third-order valence-corrected chi connectivity index (χ3v) is 4.37. The number of halogens is 1. The molecule has 0 aromatic heterocycles. The van der Waals surface area contributed by atoms with Gasteiger partial charge in [-0.2, -0.15) is 0 Å². The van der Waals surface area contributed by atoms with Gasteiger partial charge in [0.15, 0.2) is 5.96 Å². The predicted octanol–water partition coefficient (Wildman–Crippen LogP) is 2.38. The Hall–Kier alpha value is -1.66. The molecule has 1 aromatic rings. The van der Waals surface area contributed by atoms with Gasteiger partial charge in [0, 0.05) is 32.8 Å². The van der Waals surface area contributed by atoms with E-state index in [1.54, 1.807) is 0 Å². The summed E-state index contributed by atoms with van der Waals surface area (Å²) >= 11 is 0. The molecule has 0 saturated carbocycles. The predicted molar refractivity (Wildman–Crippen MR) is 100 cm³/mol. The highest BCUT2D eigenvalue weighted by atomic mass is 19.1. The minimum Gasteiger partial charge on any atom is -0.373 e. The largest absolute Gasteiger partial charge is 0.373 e. The van der Waals surface area contributed by atoms with Gasteiger partial charge in [-0.05, 0) is 51.4 Å². The molecule has 6 heteroatoms. The lowest BCUT2D eigenvalue weighted by Gasteiger charge is -2.22. The van der Waals surface area contributed by atoms with Crippen molar-refractivity contribution in [3.05, 3.63) is 35.6 Å². The number of nitrogens with zero attached hydrogens (tertiary/aromatic N) is 2. The second-order valence-electron chi connectivity index (χ2n) is 6.89. The normalized spacial score (nSPS) is 20.9. The first-order chi connectivity index (χ1) is 12.0. The van der Waals surface area contributed by atoms with E-state index in [9.17, 15) is 4.39 Å². The van der Waals surface area contributed by atoms with Crippen molar-refractivity contribution in [2.45, 2.75) is 38.8 Å². The van der Waals surface area contributed by atoms with E-state index in [0.717, 1.165) is 57.2 Å². The molecule has 0 spiro atoms. The number of likely N-dealkylation sites (N-methyl/N-ethyl adjacent to an activating group) is 1. The molecule has 0 bridgehead atoms. The maximum Gasteiger partial charge on any atom is 0.191 e. The molecule has 1 saturated heterocycles. The summed E-state index contributed by atoms with van der Waals surface area (Å²) in [5, 5.41) is 6.65. The van der Waals surface area contributed by atoms with Crippen molar-refractivity contribution in [3.63, 3.8) is 0 Å². The lowest BCUT2D eigenvalue weighted by molar-refractivity contribution is 0.0283. The molecule has 2 N–H and O–H groups in total. The van der Waals surface area contributed by atoms with E-state index < -0.39 is 0 Å². The van der Waals surface area contributed by atoms with E-state index >= 15 is 0 Å². The maximum atomic E-state index is 12.9. The zero-order valence-corrected chi connectivity index (χ0v) is 15.6. The van der Waals surface area contributed by atoms with Crippen LogP contribution in [0.5, 0.6) is 0 Å². The fraction of sp³-hybridized carbons (Fsp3) is 0.632. The van der Waals surface area contributed by atoms with E-state index in [1.807, 2.05) is 12.1 Å². The zero-order valence-electron chi connectivity index (χ0n) is 15.6. The van der Waals surface area contributed by atoms with Crippen LogP contribution >= 0.6 is 0 Å². The van der Waals surface area contributed by atoms with Crippen LogP contribution in [-0.4, -0.2) is 56.3 Å². The highest BCUT2D eigenvalue weighted by molar-refractivity contribution is 5.79. The highest BCUT2D eigenvalue weighted by Crippen LogP contribution is 2.24. The second kappa shape index (κ2) is 9.73. The first kappa shape index (κ1) is 19.7. The fourth-order valence-corrected chi connectivity index (χ4v) is 2.90. The monoisotopic (exact) mass is 350 g/mol. The first-order valence-electron chi connectivity index (χ1n) is 9.10. The van der Waals surface area contributed by atoms with Crippen LogP contribution in [0.4, 0.5) is 4.39 Å². The summed E-state index contributed by atoms with van der Waals surface area (Å²) in [7, 11) is 2.06. The van der Waals surface area contributed by atoms with E-state index in [2.05, 4.69) is 41.4 Å². The van der Waals surface area contributed by atoms with Gasteiger partial charge in [0.1, 0.15) is 5.82 Å². The molecule has 1 fully saturated rings. The van der Waals surface area contributed by atoms with Crippen LogP contribution in [0.15, 0.2) is 29.3 Å². The molecule has 25 heavy (non-hydrogen) atoms. The van der Waals surface area contributed by atoms with Gasteiger partial charge >= 0.3 is 0 Å². The molecule has 2 rings (SSSR count). The Kier molecular flexibility index (Phi) is 7.65. The minimum absolute atomic E-state index is 0.123. The Bertz CT molecular complexity index is 541. The van der Waals surface area contributed by atoms with E-state index in [0.29, 0.717) is 6.54 Å². The SMILES string of the molecule is CCNC(=NCC1(C)CCCO1)NCCN(C)Cc1ccc(F)cc1. The van der Waals surface area contributed by atoms with Crippen LogP contribution < -0.4 is 10.6 Å². The second-order valence-corrected chi connectivity index (χ2v) is 6.89. The molecule has 1 aromatic carbocycles. The third-order valence-electron chi connectivity index (χ3n) is 4.37. The number of nitrogens with one attached hydrogen (secondary N) is 2. The molecule has 1 aliphatic heterocycles. The van der Waals surface area contributed by atoms with E-state index in [4.69, 9.17) is 4.74 Å². The number of guanidine groups is 1. The smallest absolute Gasteiger partial charge is 0.191 e. The topological polar surface area (TPSA) is 48.9 Å². The van der Waals surface area contributed by atoms with Gasteiger partial charge in [-0.25, -0.2) is 4.39 Å². The maximum absolute atomic E-state index is 12.9. The molecule has 140 valence electrons. The Morgan fingerprint density at radius 3 is 2.72 bits per heavy atom. The highest BCUT2D eigenvalue weighted by Gasteiger charge is 2.29. The number of aliphatic imine (C=N–C) groups is 1. The van der Waals surface area contributed by atoms with Crippen molar-refractivity contribution in [1.82, 2.24) is 15.5 Å². The summed E-state index contributed by atoms with van der Waals surface area (Å²) < 4.78 is 18.7. The van der Waals surface area contributed by atoms with Crippen LogP contribution in [0.3, 0.4) is 0 Å². The molecule has 1 heterocycles. The van der Waals surface area contributed by atoms with Crippen molar-refractivity contribution >= 4 is 5.96 Å². The number of rotatable bonds is 8. The number of benzene rings is 1. The van der Waals surface area contributed by atoms with Crippen molar-refractivity contribution in [3.8, 4) is 0 Å². The standard InChI is InChI=1S/C19H31FN4O/c1-4-21-18(23-15-19(2)10-5-13-25-19)22-11-12-24(3)14-16-6-8-17(20)9-7-16/h6-9H,4-5,10-15H2,1-3H3,(H2,21,22,23). The van der Waals surface area contributed by atoms with E-state index in [1.165, 1.54) is 12.1 Å². The van der Waals surface area contributed by atoms with Gasteiger partial charge in [-0.3, -0.25) is 4.99 Å². The summed E-state index contributed by atoms with van der Waals surface area (Å²) in [6, 6.07) is 6.66. The minimum atomic E-state index is -0.195. The van der Waals surface area contributed by atoms with Crippen molar-refractivity contribution in [1.29, 1.82) is 0 Å². The van der Waals surface area contributed by atoms with Gasteiger partial charge < -0.3 is 20.3 Å². The van der Waals surface area contributed by atoms with Gasteiger partial charge in [0.2, 0.25) is 0 Å². The Labute approximate surface area is 150 Å². The molecular weight excluding hydrogens is 319 g/mol. The zero-order chi connectivity index (χ0) is 18.1. The van der Waals surface area contributed by atoms with Crippen LogP contribution in [0, 0.1) is 5.82 Å². The molecule has 0 radical (unpaired) electrons. The summed E-state index contributed by atoms with van der Waals surface area (Å²) in [4.78, 5) is 6.87. The van der Waals surface area contributed by atoms with Gasteiger partial charge in [-0.15, -0.1) is 0 Å². The van der Waals surface area contributed by atoms with Crippen LogP contribution in [0.25, 0.3) is 0 Å². The number of hydrogen-bond acceptors (Lipinski definition) is 3. The number of hydrogen-bond donors (Lipinski definition) is 2. The van der Waals surface area contributed by atoms with Gasteiger partial charge in [-0.1, -0.05) is 12.1 Å². The van der Waals surface area contributed by atoms with Crippen LogP contribution in [0.2, 0.25) is 0 Å². The molecule has 0 aliphatic carbocycles. The summed E-state index contributed by atoms with van der Waals surface area (Å²) in [5.74, 6) is 0.633. The molecular formula is C19H31FN4O. The molecule has 5 nitrogen and oxygen atoms in total. The van der Waals surface area contributed by atoms with Crippen molar-refractivity contribution < 1.29 is 9.13 Å². The molecule has 1 atom stereocenters. The Morgan fingerprint density at radius 1 is 1.32 bits per heavy atom. The van der Waals surface area contributed by atoms with Gasteiger partial charge in [0.05, 0.1) is 12.1 Å². The average Bonchev–Trinajstić information content (AvgIpc) is 3.02. The fourth-order valence-electron chi connectivity index (χ4n) is 2.90. The molecule has 0 amide bonds.